The molecule has 0 atom stereocenters. The average molecular weight is 225 g/mol. The number of nitrogens with zero attached hydrogens (tertiary/aromatic N) is 1. The molecule has 0 aromatic heterocycles. The van der Waals surface area contributed by atoms with E-state index >= 15 is 0 Å². The third-order valence-electron chi connectivity index (χ3n) is 1.91. The Hall–Kier alpha value is -1.62. The van der Waals surface area contributed by atoms with Crippen LogP contribution in [0.25, 0.3) is 0 Å². The molecule has 0 aromatic carbocycles. The van der Waals surface area contributed by atoms with Gasteiger partial charge in [0.2, 0.25) is 11.8 Å². The number of carbonyl (C=O) groups excluding carboxylic acids is 2. The molecule has 0 fully saturated rings. The minimum Gasteiger partial charge on any atom is -0.356 e. The van der Waals surface area contributed by atoms with Crippen LogP contribution in [0.15, 0.2) is 24.8 Å². The molecule has 0 saturated heterocycles. The fourth-order valence-electron chi connectivity index (χ4n) is 0.956. The van der Waals surface area contributed by atoms with Gasteiger partial charge in [-0.1, -0.05) is 12.7 Å². The lowest BCUT2D eigenvalue weighted by Gasteiger charge is -2.13. The lowest BCUT2D eigenvalue weighted by atomic mass is 10.4. The Morgan fingerprint density at radius 3 is 2.62 bits per heavy atom. The van der Waals surface area contributed by atoms with E-state index < -0.39 is 0 Å². The van der Waals surface area contributed by atoms with Gasteiger partial charge in [0.05, 0.1) is 0 Å². The molecule has 0 saturated carbocycles. The lowest BCUT2D eigenvalue weighted by molar-refractivity contribution is -0.117. The second kappa shape index (κ2) is 8.67. The lowest BCUT2D eigenvalue weighted by Crippen LogP contribution is -2.32. The molecule has 0 heterocycles. The molecular formula is C11H19N3O2. The van der Waals surface area contributed by atoms with E-state index in [0.29, 0.717) is 13.1 Å². The van der Waals surface area contributed by atoms with Crippen LogP contribution in [0.5, 0.6) is 0 Å². The van der Waals surface area contributed by atoms with Crippen LogP contribution in [0.4, 0.5) is 0 Å². The molecule has 0 rings (SSSR count). The molecule has 0 aliphatic heterocycles. The van der Waals surface area contributed by atoms with Crippen molar-refractivity contribution in [3.8, 4) is 0 Å². The van der Waals surface area contributed by atoms with E-state index in [2.05, 4.69) is 17.2 Å². The summed E-state index contributed by atoms with van der Waals surface area (Å²) in [6, 6.07) is 0. The van der Waals surface area contributed by atoms with Crippen molar-refractivity contribution >= 4 is 11.8 Å². The normalized spacial score (nSPS) is 10.4. The number of likely N-dealkylation sites (N-methyl/N-ethyl adjacent to an activating group) is 2. The Bertz CT molecular complexity index is 274. The zero-order valence-electron chi connectivity index (χ0n) is 9.82. The van der Waals surface area contributed by atoms with Crippen LogP contribution in [0.3, 0.4) is 0 Å². The summed E-state index contributed by atoms with van der Waals surface area (Å²) in [6.45, 7) is 5.30. The van der Waals surface area contributed by atoms with Crippen LogP contribution in [0.1, 0.15) is 0 Å². The Morgan fingerprint density at radius 2 is 2.06 bits per heavy atom. The Kier molecular flexibility index (Phi) is 7.79. The van der Waals surface area contributed by atoms with Gasteiger partial charge in [0.15, 0.2) is 0 Å². The van der Waals surface area contributed by atoms with Crippen molar-refractivity contribution in [3.63, 3.8) is 0 Å². The van der Waals surface area contributed by atoms with Gasteiger partial charge in [0, 0.05) is 32.8 Å². The number of amides is 2. The first-order chi connectivity index (χ1) is 7.60. The highest BCUT2D eigenvalue weighted by atomic mass is 16.2. The first-order valence-electron chi connectivity index (χ1n) is 5.07. The van der Waals surface area contributed by atoms with Gasteiger partial charge in [-0.2, -0.15) is 0 Å². The molecule has 0 radical (unpaired) electrons. The summed E-state index contributed by atoms with van der Waals surface area (Å²) in [7, 11) is 3.50. The molecule has 5 heteroatoms. The number of rotatable bonds is 7. The first-order valence-corrected chi connectivity index (χ1v) is 5.07. The predicted molar refractivity (Wildman–Crippen MR) is 63.9 cm³/mol. The molecule has 16 heavy (non-hydrogen) atoms. The van der Waals surface area contributed by atoms with E-state index in [9.17, 15) is 9.59 Å². The van der Waals surface area contributed by atoms with Gasteiger partial charge in [0.1, 0.15) is 0 Å². The maximum Gasteiger partial charge on any atom is 0.243 e. The third-order valence-corrected chi connectivity index (χ3v) is 1.91. The smallest absolute Gasteiger partial charge is 0.243 e. The minimum atomic E-state index is -0.172. The number of hydrogen-bond donors (Lipinski definition) is 2. The van der Waals surface area contributed by atoms with Crippen LogP contribution in [0.2, 0.25) is 0 Å². The molecule has 0 aliphatic rings. The fourth-order valence-corrected chi connectivity index (χ4v) is 0.956. The zero-order chi connectivity index (χ0) is 12.4. The van der Waals surface area contributed by atoms with E-state index in [1.165, 1.54) is 12.2 Å². The van der Waals surface area contributed by atoms with Crippen molar-refractivity contribution < 1.29 is 9.59 Å². The third kappa shape index (κ3) is 7.75. The summed E-state index contributed by atoms with van der Waals surface area (Å²) in [5.74, 6) is -0.289. The maximum atomic E-state index is 10.9. The maximum absolute atomic E-state index is 10.9. The van der Waals surface area contributed by atoms with Crippen LogP contribution in [-0.4, -0.2) is 50.4 Å². The van der Waals surface area contributed by atoms with Crippen molar-refractivity contribution in [2.24, 2.45) is 0 Å². The SMILES string of the molecule is C=CC(=O)NCCN(C)C/C=C/C(=O)NC. The summed E-state index contributed by atoms with van der Waals surface area (Å²) >= 11 is 0. The van der Waals surface area contributed by atoms with Crippen LogP contribution in [-0.2, 0) is 9.59 Å². The largest absolute Gasteiger partial charge is 0.356 e. The van der Waals surface area contributed by atoms with E-state index in [4.69, 9.17) is 0 Å². The summed E-state index contributed by atoms with van der Waals surface area (Å²) < 4.78 is 0. The fraction of sp³-hybridized carbons (Fsp3) is 0.455. The quantitative estimate of drug-likeness (QED) is 0.575. The average Bonchev–Trinajstić information content (AvgIpc) is 2.28. The van der Waals surface area contributed by atoms with Crippen LogP contribution >= 0.6 is 0 Å². The van der Waals surface area contributed by atoms with Gasteiger partial charge in [-0.05, 0) is 13.1 Å². The summed E-state index contributed by atoms with van der Waals surface area (Å²) in [5.41, 5.74) is 0. The van der Waals surface area contributed by atoms with Gasteiger partial charge in [-0.15, -0.1) is 0 Å². The second-order valence-corrected chi connectivity index (χ2v) is 3.27. The van der Waals surface area contributed by atoms with E-state index in [-0.39, 0.29) is 11.8 Å². The Balaban J connectivity index is 3.62. The van der Waals surface area contributed by atoms with Crippen LogP contribution in [0, 0.1) is 0 Å². The highest BCUT2D eigenvalue weighted by Gasteiger charge is 1.97. The topological polar surface area (TPSA) is 61.4 Å². The summed E-state index contributed by atoms with van der Waals surface area (Å²) in [6.07, 6.45) is 4.50. The molecule has 2 N–H and O–H groups in total. The molecule has 0 unspecified atom stereocenters. The highest BCUT2D eigenvalue weighted by Crippen LogP contribution is 1.83. The van der Waals surface area contributed by atoms with E-state index in [1.54, 1.807) is 13.1 Å². The van der Waals surface area contributed by atoms with Crippen molar-refractivity contribution in [2.75, 3.05) is 33.7 Å². The molecule has 0 aromatic rings. The second-order valence-electron chi connectivity index (χ2n) is 3.27. The molecule has 90 valence electrons. The zero-order valence-corrected chi connectivity index (χ0v) is 9.82. The van der Waals surface area contributed by atoms with Gasteiger partial charge >= 0.3 is 0 Å². The summed E-state index contributed by atoms with van der Waals surface area (Å²) in [4.78, 5) is 23.7. The molecule has 0 aliphatic carbocycles. The molecule has 0 bridgehead atoms. The molecule has 5 nitrogen and oxygen atoms in total. The van der Waals surface area contributed by atoms with Crippen molar-refractivity contribution in [3.05, 3.63) is 24.8 Å². The monoisotopic (exact) mass is 225 g/mol. The number of carbonyl (C=O) groups is 2. The molecular weight excluding hydrogens is 206 g/mol. The van der Waals surface area contributed by atoms with Gasteiger partial charge < -0.3 is 15.5 Å². The standard InChI is InChI=1S/C11H19N3O2/c1-4-10(15)13-7-9-14(3)8-5-6-11(16)12-2/h4-6H,1,7-9H2,2-3H3,(H,12,16)(H,13,15)/b6-5+. The van der Waals surface area contributed by atoms with Crippen molar-refractivity contribution in [1.29, 1.82) is 0 Å². The van der Waals surface area contributed by atoms with Gasteiger partial charge in [-0.25, -0.2) is 0 Å². The van der Waals surface area contributed by atoms with E-state index in [0.717, 1.165) is 6.54 Å². The van der Waals surface area contributed by atoms with Crippen LogP contribution < -0.4 is 10.6 Å². The Labute approximate surface area is 96.2 Å². The first kappa shape index (κ1) is 14.4. The number of hydrogen-bond acceptors (Lipinski definition) is 3. The highest BCUT2D eigenvalue weighted by molar-refractivity contribution is 5.87. The Morgan fingerprint density at radius 1 is 1.38 bits per heavy atom. The molecule has 0 spiro atoms. The predicted octanol–water partition coefficient (Wildman–Crippen LogP) is -0.477. The molecule has 2 amide bonds. The van der Waals surface area contributed by atoms with Gasteiger partial charge in [-0.3, -0.25) is 9.59 Å². The van der Waals surface area contributed by atoms with Crippen molar-refractivity contribution in [2.45, 2.75) is 0 Å². The van der Waals surface area contributed by atoms with E-state index in [1.807, 2.05) is 11.9 Å². The minimum absolute atomic E-state index is 0.117. The summed E-state index contributed by atoms with van der Waals surface area (Å²) in [5, 5.41) is 5.16. The number of nitrogens with one attached hydrogen (secondary N) is 2. The van der Waals surface area contributed by atoms with Crippen molar-refractivity contribution in [1.82, 2.24) is 15.5 Å². The van der Waals surface area contributed by atoms with Gasteiger partial charge in [0.25, 0.3) is 0 Å².